The lowest BCUT2D eigenvalue weighted by atomic mass is 10.1. The largest absolute Gasteiger partial charge is 0.497 e. The van der Waals surface area contributed by atoms with E-state index in [-0.39, 0.29) is 11.9 Å². The first-order chi connectivity index (χ1) is 17.0. The molecular weight excluding hydrogens is 440 g/mol. The number of aromatic nitrogens is 5. The van der Waals surface area contributed by atoms with Gasteiger partial charge in [-0.3, -0.25) is 9.48 Å². The van der Waals surface area contributed by atoms with Crippen molar-refractivity contribution in [2.75, 3.05) is 12.4 Å². The van der Waals surface area contributed by atoms with E-state index in [1.54, 1.807) is 30.4 Å². The number of rotatable bonds is 7. The number of nitrogens with zero attached hydrogens (tertiary/aromatic N) is 5. The fourth-order valence-electron chi connectivity index (χ4n) is 3.99. The molecule has 0 saturated heterocycles. The van der Waals surface area contributed by atoms with Gasteiger partial charge >= 0.3 is 0 Å². The number of hydrogen-bond acceptors (Lipinski definition) is 5. The molecule has 3 aromatic heterocycles. The summed E-state index contributed by atoms with van der Waals surface area (Å²) < 4.78 is 8.93. The van der Waals surface area contributed by atoms with Crippen LogP contribution in [0.4, 0.5) is 5.69 Å². The zero-order chi connectivity index (χ0) is 24.4. The molecule has 8 heteroatoms. The van der Waals surface area contributed by atoms with Crippen LogP contribution in [-0.4, -0.2) is 37.6 Å². The zero-order valence-corrected chi connectivity index (χ0v) is 19.8. The van der Waals surface area contributed by atoms with Crippen molar-refractivity contribution in [3.63, 3.8) is 0 Å². The minimum absolute atomic E-state index is 0.197. The summed E-state index contributed by atoms with van der Waals surface area (Å²) in [6.07, 6.45) is 5.20. The summed E-state index contributed by atoms with van der Waals surface area (Å²) in [7, 11) is 1.62. The Labute approximate surface area is 203 Å². The van der Waals surface area contributed by atoms with E-state index < -0.39 is 0 Å². The van der Waals surface area contributed by atoms with Crippen molar-refractivity contribution in [3.05, 3.63) is 90.4 Å². The fourth-order valence-corrected chi connectivity index (χ4v) is 3.99. The molecule has 0 radical (unpaired) electrons. The van der Waals surface area contributed by atoms with Crippen molar-refractivity contribution in [1.29, 1.82) is 0 Å². The van der Waals surface area contributed by atoms with Gasteiger partial charge in [0.2, 0.25) is 0 Å². The van der Waals surface area contributed by atoms with Gasteiger partial charge in [-0.15, -0.1) is 0 Å². The van der Waals surface area contributed by atoms with E-state index in [2.05, 4.69) is 29.2 Å². The third-order valence-electron chi connectivity index (χ3n) is 5.74. The van der Waals surface area contributed by atoms with Gasteiger partial charge < -0.3 is 10.1 Å². The molecule has 0 bridgehead atoms. The SMILES string of the molecule is COc1ccc(-c2nn(Cc3ccccc3)cc2C(=O)Nc2cnc3c(cnn3C(C)C)c2)cc1. The molecule has 0 atom stereocenters. The molecule has 2 aromatic carbocycles. The number of carbonyl (C=O) groups excluding carboxylic acids is 1. The van der Waals surface area contributed by atoms with E-state index in [0.29, 0.717) is 23.5 Å². The van der Waals surface area contributed by atoms with Gasteiger partial charge in [0.05, 0.1) is 37.3 Å². The minimum atomic E-state index is -0.257. The molecule has 0 unspecified atom stereocenters. The predicted octanol–water partition coefficient (Wildman–Crippen LogP) is 5.18. The van der Waals surface area contributed by atoms with Crippen LogP contribution >= 0.6 is 0 Å². The highest BCUT2D eigenvalue weighted by Gasteiger charge is 2.19. The Kier molecular flexibility index (Phi) is 6.01. The summed E-state index contributed by atoms with van der Waals surface area (Å²) in [6.45, 7) is 4.66. The second-order valence-corrected chi connectivity index (χ2v) is 8.58. The fraction of sp³-hybridized carbons (Fsp3) is 0.185. The lowest BCUT2D eigenvalue weighted by molar-refractivity contribution is 0.102. The predicted molar refractivity (Wildman–Crippen MR) is 136 cm³/mol. The van der Waals surface area contributed by atoms with Crippen molar-refractivity contribution < 1.29 is 9.53 Å². The molecule has 5 aromatic rings. The van der Waals surface area contributed by atoms with Crippen LogP contribution in [-0.2, 0) is 6.54 Å². The second-order valence-electron chi connectivity index (χ2n) is 8.58. The number of hydrogen-bond donors (Lipinski definition) is 1. The summed E-state index contributed by atoms with van der Waals surface area (Å²) in [5.74, 6) is 0.484. The summed E-state index contributed by atoms with van der Waals surface area (Å²) in [6, 6.07) is 19.6. The first-order valence-corrected chi connectivity index (χ1v) is 11.4. The van der Waals surface area contributed by atoms with Gasteiger partial charge in [-0.1, -0.05) is 30.3 Å². The quantitative estimate of drug-likeness (QED) is 0.357. The Morgan fingerprint density at radius 3 is 2.54 bits per heavy atom. The Morgan fingerprint density at radius 1 is 1.06 bits per heavy atom. The third kappa shape index (κ3) is 4.63. The molecule has 176 valence electrons. The Morgan fingerprint density at radius 2 is 1.83 bits per heavy atom. The highest BCUT2D eigenvalue weighted by atomic mass is 16.5. The molecule has 35 heavy (non-hydrogen) atoms. The highest BCUT2D eigenvalue weighted by Crippen LogP contribution is 2.26. The molecule has 5 rings (SSSR count). The van der Waals surface area contributed by atoms with Crippen molar-refractivity contribution in [2.24, 2.45) is 0 Å². The Balaban J connectivity index is 1.47. The highest BCUT2D eigenvalue weighted by molar-refractivity contribution is 6.08. The lowest BCUT2D eigenvalue weighted by Crippen LogP contribution is -2.12. The van der Waals surface area contributed by atoms with E-state index in [1.807, 2.05) is 65.3 Å². The number of amides is 1. The third-order valence-corrected chi connectivity index (χ3v) is 5.74. The number of benzene rings is 2. The van der Waals surface area contributed by atoms with Crippen LogP contribution in [0.15, 0.2) is 79.3 Å². The molecule has 1 N–H and O–H groups in total. The summed E-state index contributed by atoms with van der Waals surface area (Å²) in [5.41, 5.74) is 4.39. The topological polar surface area (TPSA) is 86.9 Å². The second kappa shape index (κ2) is 9.42. The van der Waals surface area contributed by atoms with E-state index in [1.165, 1.54) is 0 Å². The van der Waals surface area contributed by atoms with Gasteiger partial charge in [0, 0.05) is 23.2 Å². The molecule has 0 aliphatic rings. The van der Waals surface area contributed by atoms with Gasteiger partial charge in [-0.2, -0.15) is 10.2 Å². The summed E-state index contributed by atoms with van der Waals surface area (Å²) >= 11 is 0. The van der Waals surface area contributed by atoms with Gasteiger partial charge in [0.15, 0.2) is 5.65 Å². The van der Waals surface area contributed by atoms with Crippen molar-refractivity contribution in [3.8, 4) is 17.0 Å². The van der Waals surface area contributed by atoms with Crippen LogP contribution in [0.1, 0.15) is 35.8 Å². The maximum atomic E-state index is 13.4. The van der Waals surface area contributed by atoms with Crippen LogP contribution in [0.3, 0.4) is 0 Å². The normalized spacial score (nSPS) is 11.2. The Hall–Kier alpha value is -4.46. The lowest BCUT2D eigenvalue weighted by Gasteiger charge is -2.08. The number of nitrogens with one attached hydrogen (secondary N) is 1. The molecule has 0 saturated carbocycles. The van der Waals surface area contributed by atoms with Crippen LogP contribution in [0, 0.1) is 0 Å². The van der Waals surface area contributed by atoms with Crippen molar-refractivity contribution in [2.45, 2.75) is 26.4 Å². The first kappa shape index (κ1) is 22.3. The Bertz CT molecular complexity index is 1470. The smallest absolute Gasteiger partial charge is 0.259 e. The number of pyridine rings is 1. The molecule has 0 aliphatic carbocycles. The molecule has 3 heterocycles. The summed E-state index contributed by atoms with van der Waals surface area (Å²) in [5, 5.41) is 13.0. The van der Waals surface area contributed by atoms with Crippen molar-refractivity contribution >= 4 is 22.6 Å². The molecule has 1 amide bonds. The average Bonchev–Trinajstić information content (AvgIpc) is 3.49. The maximum absolute atomic E-state index is 13.4. The van der Waals surface area contributed by atoms with Gasteiger partial charge in [0.1, 0.15) is 11.4 Å². The average molecular weight is 467 g/mol. The number of fused-ring (bicyclic) bond motifs is 1. The molecule has 8 nitrogen and oxygen atoms in total. The van der Waals surface area contributed by atoms with Crippen LogP contribution < -0.4 is 10.1 Å². The van der Waals surface area contributed by atoms with E-state index in [9.17, 15) is 4.79 Å². The number of methoxy groups -OCH3 is 1. The van der Waals surface area contributed by atoms with Gasteiger partial charge in [-0.05, 0) is 49.7 Å². The summed E-state index contributed by atoms with van der Waals surface area (Å²) in [4.78, 5) is 17.9. The van der Waals surface area contributed by atoms with E-state index >= 15 is 0 Å². The standard InChI is InChI=1S/C27H26N6O2/c1-18(2)33-26-21(14-29-33)13-22(15-28-26)30-27(34)24-17-32(16-19-7-5-4-6-8-19)31-25(24)20-9-11-23(35-3)12-10-20/h4-15,17-18H,16H2,1-3H3,(H,30,34). The molecule has 0 aliphatic heterocycles. The molecule has 0 fully saturated rings. The van der Waals surface area contributed by atoms with Crippen LogP contribution in [0.5, 0.6) is 5.75 Å². The van der Waals surface area contributed by atoms with E-state index in [0.717, 1.165) is 27.9 Å². The number of carbonyl (C=O) groups is 1. The van der Waals surface area contributed by atoms with Crippen LogP contribution in [0.25, 0.3) is 22.3 Å². The first-order valence-electron chi connectivity index (χ1n) is 11.4. The number of ether oxygens (including phenoxy) is 1. The molecular formula is C27H26N6O2. The van der Waals surface area contributed by atoms with Crippen LogP contribution in [0.2, 0.25) is 0 Å². The van der Waals surface area contributed by atoms with Crippen molar-refractivity contribution in [1.82, 2.24) is 24.5 Å². The van der Waals surface area contributed by atoms with E-state index in [4.69, 9.17) is 9.84 Å². The van der Waals surface area contributed by atoms with Gasteiger partial charge in [-0.25, -0.2) is 9.67 Å². The monoisotopic (exact) mass is 466 g/mol. The molecule has 0 spiro atoms. The minimum Gasteiger partial charge on any atom is -0.497 e. The maximum Gasteiger partial charge on any atom is 0.259 e. The zero-order valence-electron chi connectivity index (χ0n) is 19.8. The number of anilines is 1. The van der Waals surface area contributed by atoms with Gasteiger partial charge in [0.25, 0.3) is 5.91 Å².